The summed E-state index contributed by atoms with van der Waals surface area (Å²) in [6, 6.07) is 9.42. The third kappa shape index (κ3) is 2.41. The molecule has 2 aliphatic carbocycles. The molecular formula is C19H29N. The van der Waals surface area contributed by atoms with Crippen molar-refractivity contribution in [2.75, 3.05) is 0 Å². The van der Waals surface area contributed by atoms with E-state index in [-0.39, 0.29) is 11.5 Å². The Bertz CT molecular complexity index is 447. The molecule has 0 bridgehead atoms. The van der Waals surface area contributed by atoms with E-state index in [2.05, 4.69) is 45.0 Å². The molecule has 110 valence electrons. The van der Waals surface area contributed by atoms with Gasteiger partial charge in [0.25, 0.3) is 0 Å². The SMILES string of the molecule is CCC(C)(C)c1ccc(C(N)C2C3CCCCC32)cc1. The van der Waals surface area contributed by atoms with Crippen molar-refractivity contribution in [2.45, 2.75) is 64.3 Å². The molecule has 1 aromatic rings. The van der Waals surface area contributed by atoms with Crippen LogP contribution in [0.15, 0.2) is 24.3 Å². The average molecular weight is 271 g/mol. The Labute approximate surface area is 124 Å². The maximum atomic E-state index is 6.55. The third-order valence-electron chi connectivity index (χ3n) is 6.10. The lowest BCUT2D eigenvalue weighted by molar-refractivity contribution is 0.480. The summed E-state index contributed by atoms with van der Waals surface area (Å²) in [5.41, 5.74) is 9.61. The lowest BCUT2D eigenvalue weighted by atomic mass is 9.81. The Morgan fingerprint density at radius 3 is 2.15 bits per heavy atom. The topological polar surface area (TPSA) is 26.0 Å². The van der Waals surface area contributed by atoms with Crippen LogP contribution >= 0.6 is 0 Å². The molecule has 2 fully saturated rings. The summed E-state index contributed by atoms with van der Waals surface area (Å²) in [4.78, 5) is 0. The van der Waals surface area contributed by atoms with Crippen molar-refractivity contribution in [3.8, 4) is 0 Å². The van der Waals surface area contributed by atoms with Crippen LogP contribution < -0.4 is 5.73 Å². The molecule has 20 heavy (non-hydrogen) atoms. The van der Waals surface area contributed by atoms with Gasteiger partial charge in [-0.15, -0.1) is 0 Å². The number of hydrogen-bond acceptors (Lipinski definition) is 1. The van der Waals surface area contributed by atoms with E-state index < -0.39 is 0 Å². The highest BCUT2D eigenvalue weighted by Crippen LogP contribution is 2.59. The minimum Gasteiger partial charge on any atom is -0.324 e. The van der Waals surface area contributed by atoms with Crippen LogP contribution in [0.1, 0.15) is 70.0 Å². The molecule has 0 aromatic heterocycles. The summed E-state index contributed by atoms with van der Waals surface area (Å²) in [7, 11) is 0. The zero-order chi connectivity index (χ0) is 14.3. The Morgan fingerprint density at radius 1 is 1.10 bits per heavy atom. The van der Waals surface area contributed by atoms with Crippen LogP contribution in [0.2, 0.25) is 0 Å². The van der Waals surface area contributed by atoms with Gasteiger partial charge in [-0.05, 0) is 53.6 Å². The first-order valence-electron chi connectivity index (χ1n) is 8.40. The molecule has 2 N–H and O–H groups in total. The maximum Gasteiger partial charge on any atom is 0.0329 e. The zero-order valence-corrected chi connectivity index (χ0v) is 13.2. The van der Waals surface area contributed by atoms with Gasteiger partial charge in [-0.1, -0.05) is 57.9 Å². The van der Waals surface area contributed by atoms with E-state index in [1.54, 1.807) is 0 Å². The van der Waals surface area contributed by atoms with E-state index in [1.807, 2.05) is 0 Å². The van der Waals surface area contributed by atoms with E-state index >= 15 is 0 Å². The Hall–Kier alpha value is -0.820. The molecule has 0 aliphatic heterocycles. The summed E-state index contributed by atoms with van der Waals surface area (Å²) in [6.45, 7) is 6.89. The second kappa shape index (κ2) is 5.18. The highest BCUT2D eigenvalue weighted by atomic mass is 14.7. The summed E-state index contributed by atoms with van der Waals surface area (Å²) >= 11 is 0. The first kappa shape index (κ1) is 14.1. The van der Waals surface area contributed by atoms with Crippen LogP contribution in [0.3, 0.4) is 0 Å². The molecule has 3 unspecified atom stereocenters. The highest BCUT2D eigenvalue weighted by Gasteiger charge is 2.53. The van der Waals surface area contributed by atoms with Crippen LogP contribution in [-0.4, -0.2) is 0 Å². The average Bonchev–Trinajstić information content (AvgIpc) is 3.21. The van der Waals surface area contributed by atoms with Gasteiger partial charge in [0.15, 0.2) is 0 Å². The second-order valence-electron chi connectivity index (χ2n) is 7.57. The first-order chi connectivity index (χ1) is 9.54. The maximum absolute atomic E-state index is 6.55. The van der Waals surface area contributed by atoms with Gasteiger partial charge in [-0.3, -0.25) is 0 Å². The molecule has 3 atom stereocenters. The molecule has 1 nitrogen and oxygen atoms in total. The van der Waals surface area contributed by atoms with Gasteiger partial charge in [-0.25, -0.2) is 0 Å². The van der Waals surface area contributed by atoms with Gasteiger partial charge < -0.3 is 5.73 Å². The number of fused-ring (bicyclic) bond motifs is 1. The van der Waals surface area contributed by atoms with E-state index in [0.29, 0.717) is 0 Å². The second-order valence-corrected chi connectivity index (χ2v) is 7.57. The largest absolute Gasteiger partial charge is 0.324 e. The van der Waals surface area contributed by atoms with Gasteiger partial charge in [0.1, 0.15) is 0 Å². The smallest absolute Gasteiger partial charge is 0.0329 e. The van der Waals surface area contributed by atoms with Crippen molar-refractivity contribution < 1.29 is 0 Å². The number of hydrogen-bond donors (Lipinski definition) is 1. The predicted octanol–water partition coefficient (Wildman–Crippen LogP) is 4.81. The van der Waals surface area contributed by atoms with Crippen molar-refractivity contribution in [3.05, 3.63) is 35.4 Å². The summed E-state index contributed by atoms with van der Waals surface area (Å²) < 4.78 is 0. The van der Waals surface area contributed by atoms with Crippen LogP contribution in [-0.2, 0) is 5.41 Å². The van der Waals surface area contributed by atoms with Crippen LogP contribution in [0.4, 0.5) is 0 Å². The quantitative estimate of drug-likeness (QED) is 0.835. The molecule has 0 radical (unpaired) electrons. The first-order valence-corrected chi connectivity index (χ1v) is 8.40. The molecule has 0 saturated heterocycles. The Kier molecular flexibility index (Phi) is 3.66. The minimum absolute atomic E-state index is 0.266. The standard InChI is InChI=1S/C19H29N/c1-4-19(2,3)14-11-9-13(10-12-14)18(20)17-15-7-5-6-8-16(15)17/h9-12,15-18H,4-8,20H2,1-3H3. The molecule has 0 spiro atoms. The molecule has 2 aliphatic rings. The van der Waals surface area contributed by atoms with Gasteiger partial charge in [0, 0.05) is 6.04 Å². The van der Waals surface area contributed by atoms with Crippen LogP contribution in [0.5, 0.6) is 0 Å². The molecule has 0 amide bonds. The van der Waals surface area contributed by atoms with Crippen molar-refractivity contribution in [2.24, 2.45) is 23.5 Å². The van der Waals surface area contributed by atoms with E-state index in [9.17, 15) is 0 Å². The zero-order valence-electron chi connectivity index (χ0n) is 13.2. The molecule has 1 heteroatoms. The third-order valence-corrected chi connectivity index (χ3v) is 6.10. The van der Waals surface area contributed by atoms with Crippen molar-refractivity contribution in [3.63, 3.8) is 0 Å². The molecular weight excluding hydrogens is 242 g/mol. The van der Waals surface area contributed by atoms with Crippen molar-refractivity contribution >= 4 is 0 Å². The molecule has 3 rings (SSSR count). The van der Waals surface area contributed by atoms with Crippen LogP contribution in [0.25, 0.3) is 0 Å². The summed E-state index contributed by atoms with van der Waals surface area (Å²) in [5.74, 6) is 2.64. The molecule has 1 aromatic carbocycles. The molecule has 0 heterocycles. The fraction of sp³-hybridized carbons (Fsp3) is 0.684. The van der Waals surface area contributed by atoms with E-state index in [1.165, 1.54) is 43.2 Å². The van der Waals surface area contributed by atoms with Gasteiger partial charge in [0.05, 0.1) is 0 Å². The molecule has 2 saturated carbocycles. The fourth-order valence-electron chi connectivity index (χ4n) is 4.16. The normalized spacial score (nSPS) is 30.7. The van der Waals surface area contributed by atoms with E-state index in [4.69, 9.17) is 5.73 Å². The van der Waals surface area contributed by atoms with Gasteiger partial charge in [0.2, 0.25) is 0 Å². The lowest BCUT2D eigenvalue weighted by Gasteiger charge is -2.24. The fourth-order valence-corrected chi connectivity index (χ4v) is 4.16. The number of benzene rings is 1. The van der Waals surface area contributed by atoms with Gasteiger partial charge in [-0.2, -0.15) is 0 Å². The highest BCUT2D eigenvalue weighted by molar-refractivity contribution is 5.31. The lowest BCUT2D eigenvalue weighted by Crippen LogP contribution is -2.17. The Morgan fingerprint density at radius 2 is 1.65 bits per heavy atom. The predicted molar refractivity (Wildman–Crippen MR) is 85.6 cm³/mol. The summed E-state index contributed by atoms with van der Waals surface area (Å²) in [6.07, 6.45) is 6.86. The van der Waals surface area contributed by atoms with Crippen LogP contribution in [0, 0.1) is 17.8 Å². The minimum atomic E-state index is 0.266. The monoisotopic (exact) mass is 271 g/mol. The number of nitrogens with two attached hydrogens (primary N) is 1. The van der Waals surface area contributed by atoms with Gasteiger partial charge >= 0.3 is 0 Å². The van der Waals surface area contributed by atoms with E-state index in [0.717, 1.165) is 17.8 Å². The number of rotatable bonds is 4. The van der Waals surface area contributed by atoms with Crippen molar-refractivity contribution in [1.82, 2.24) is 0 Å². The Balaban J connectivity index is 1.72. The van der Waals surface area contributed by atoms with Crippen molar-refractivity contribution in [1.29, 1.82) is 0 Å². The summed E-state index contributed by atoms with van der Waals surface area (Å²) in [5, 5.41) is 0.